The summed E-state index contributed by atoms with van der Waals surface area (Å²) in [6.07, 6.45) is 6.85. The van der Waals surface area contributed by atoms with Crippen LogP contribution >= 0.6 is 11.3 Å². The molecular weight excluding hydrogens is 877 g/mol. The van der Waals surface area contributed by atoms with Gasteiger partial charge in [-0.15, -0.1) is 34.9 Å². The molecule has 0 aliphatic carbocycles. The summed E-state index contributed by atoms with van der Waals surface area (Å²) >= 11 is 1.84. The van der Waals surface area contributed by atoms with Gasteiger partial charge in [0.05, 0.1) is 13.8 Å². The Kier molecular flexibility index (Phi) is 14.9. The Morgan fingerprint density at radius 2 is 1.43 bits per heavy atom. The molecule has 0 aliphatic rings. The van der Waals surface area contributed by atoms with Crippen molar-refractivity contribution in [2.45, 2.75) is 93.8 Å². The smallest absolute Gasteiger partial charge is 0.162 e. The molecule has 0 saturated heterocycles. The second-order valence-electron chi connectivity index (χ2n) is 15.2. The number of hydrogen-bond acceptors (Lipinski definition) is 5. The van der Waals surface area contributed by atoms with E-state index in [2.05, 4.69) is 124 Å². The van der Waals surface area contributed by atoms with E-state index < -0.39 is 8.07 Å². The standard InChI is InChI=1S/C34H31N2SSi.C13H24O2.Ir/c1-21-17-26(18-22(2)36-21)31-20-27(19-25-9-7-8-10-30(25)31)32-34-29(15-16-35-32)23(3)33(37-34)24-11-13-28(14-12-24)38(4,5)6;1-5-10(6-2)12(14)9-13(15)11(7-3)8-4;/h7-18,20H,1-6H3;9-11,14H,5-8H2,1-4H3;/q-1;;/b;12-9-;. The second kappa shape index (κ2) is 18.7. The SMILES string of the molecule is CCC(CC)C(=O)/C=C(\O)C(CC)CC.Cc1cc(-c2cc(-c3nccc4c(C)c(-c5ccc([Si](C)(C)C)cc5)sc34)[c-]c3ccccc23)cc(C)n1.[Ir]. The number of pyridine rings is 2. The molecule has 0 fully saturated rings. The van der Waals surface area contributed by atoms with Gasteiger partial charge in [0, 0.05) is 70.9 Å². The van der Waals surface area contributed by atoms with Gasteiger partial charge in [0.2, 0.25) is 0 Å². The van der Waals surface area contributed by atoms with E-state index in [1.165, 1.54) is 53.9 Å². The summed E-state index contributed by atoms with van der Waals surface area (Å²) in [5, 5.41) is 14.8. The van der Waals surface area contributed by atoms with Crippen LogP contribution < -0.4 is 5.19 Å². The van der Waals surface area contributed by atoms with Crippen LogP contribution in [0.4, 0.5) is 0 Å². The minimum Gasteiger partial charge on any atom is -0.512 e. The molecule has 285 valence electrons. The summed E-state index contributed by atoms with van der Waals surface area (Å²) in [5.41, 5.74) is 9.04. The molecule has 0 aliphatic heterocycles. The van der Waals surface area contributed by atoms with Crippen LogP contribution in [0.1, 0.15) is 70.3 Å². The first-order valence-corrected chi connectivity index (χ1v) is 23.5. The molecule has 0 bridgehead atoms. The van der Waals surface area contributed by atoms with Crippen LogP contribution in [0.2, 0.25) is 19.6 Å². The largest absolute Gasteiger partial charge is 0.512 e. The number of carbonyl (C=O) groups is 1. The Bertz CT molecular complexity index is 2220. The van der Waals surface area contributed by atoms with Crippen molar-refractivity contribution < 1.29 is 30.0 Å². The molecule has 3 aromatic carbocycles. The third kappa shape index (κ3) is 9.73. The molecule has 0 amide bonds. The first-order valence-electron chi connectivity index (χ1n) is 19.1. The Labute approximate surface area is 341 Å². The van der Waals surface area contributed by atoms with Crippen molar-refractivity contribution in [1.29, 1.82) is 0 Å². The topological polar surface area (TPSA) is 63.1 Å². The number of carbonyl (C=O) groups excluding carboxylic acids is 1. The quantitative estimate of drug-likeness (QED) is 0.0608. The maximum Gasteiger partial charge on any atom is 0.162 e. The molecular formula is C47H55IrN2O2SSi-. The predicted molar refractivity (Wildman–Crippen MR) is 231 cm³/mol. The van der Waals surface area contributed by atoms with Gasteiger partial charge in [-0.2, -0.15) is 0 Å². The number of nitrogens with zero attached hydrogens (tertiary/aromatic N) is 2. The molecule has 6 aromatic rings. The number of fused-ring (bicyclic) bond motifs is 2. The summed E-state index contributed by atoms with van der Waals surface area (Å²) in [5.74, 6) is 0.547. The number of aliphatic hydroxyl groups is 1. The van der Waals surface area contributed by atoms with Crippen molar-refractivity contribution in [1.82, 2.24) is 9.97 Å². The minimum absolute atomic E-state index is 0. The number of benzene rings is 3. The van der Waals surface area contributed by atoms with Crippen LogP contribution in [0.5, 0.6) is 0 Å². The first kappa shape index (κ1) is 43.0. The van der Waals surface area contributed by atoms with E-state index in [9.17, 15) is 9.90 Å². The zero-order valence-corrected chi connectivity index (χ0v) is 37.8. The number of ketones is 1. The van der Waals surface area contributed by atoms with E-state index in [4.69, 9.17) is 4.98 Å². The zero-order chi connectivity index (χ0) is 38.4. The van der Waals surface area contributed by atoms with Gasteiger partial charge in [-0.1, -0.05) is 112 Å². The summed E-state index contributed by atoms with van der Waals surface area (Å²) in [6.45, 7) is 21.6. The number of allylic oxidation sites excluding steroid dienone is 2. The van der Waals surface area contributed by atoms with Crippen molar-refractivity contribution in [3.8, 4) is 32.8 Å². The number of aryl methyl sites for hydroxylation is 3. The summed E-state index contributed by atoms with van der Waals surface area (Å²) in [6, 6.07) is 30.2. The molecule has 1 radical (unpaired) electrons. The van der Waals surface area contributed by atoms with Crippen molar-refractivity contribution in [2.75, 3.05) is 0 Å². The molecule has 1 N–H and O–H groups in total. The van der Waals surface area contributed by atoms with Crippen molar-refractivity contribution in [3.63, 3.8) is 0 Å². The number of aromatic nitrogens is 2. The van der Waals surface area contributed by atoms with Crippen LogP contribution in [0.25, 0.3) is 53.7 Å². The third-order valence-electron chi connectivity index (χ3n) is 10.4. The van der Waals surface area contributed by atoms with Gasteiger partial charge in [0.1, 0.15) is 0 Å². The number of thiophene rings is 1. The molecule has 3 heterocycles. The van der Waals surface area contributed by atoms with Gasteiger partial charge < -0.3 is 5.11 Å². The average molecular weight is 932 g/mol. The number of aliphatic hydroxyl groups excluding tert-OH is 1. The molecule has 54 heavy (non-hydrogen) atoms. The van der Waals surface area contributed by atoms with E-state index in [0.717, 1.165) is 53.7 Å². The number of hydrogen-bond donors (Lipinski definition) is 1. The minimum atomic E-state index is -1.33. The van der Waals surface area contributed by atoms with E-state index in [1.54, 1.807) is 0 Å². The summed E-state index contributed by atoms with van der Waals surface area (Å²) < 4.78 is 1.22. The Hall–Kier alpha value is -3.74. The fourth-order valence-electron chi connectivity index (χ4n) is 7.10. The van der Waals surface area contributed by atoms with Gasteiger partial charge >= 0.3 is 0 Å². The van der Waals surface area contributed by atoms with Crippen molar-refractivity contribution in [2.24, 2.45) is 11.8 Å². The Morgan fingerprint density at radius 3 is 2.02 bits per heavy atom. The van der Waals surface area contributed by atoms with Gasteiger partial charge in [-0.05, 0) is 86.7 Å². The van der Waals surface area contributed by atoms with Gasteiger partial charge in [0.15, 0.2) is 5.78 Å². The molecule has 0 saturated carbocycles. The summed E-state index contributed by atoms with van der Waals surface area (Å²) in [7, 11) is -1.33. The molecule has 4 nitrogen and oxygen atoms in total. The van der Waals surface area contributed by atoms with Crippen molar-refractivity contribution in [3.05, 3.63) is 114 Å². The van der Waals surface area contributed by atoms with Crippen LogP contribution in [0.15, 0.2) is 90.8 Å². The van der Waals surface area contributed by atoms with Gasteiger partial charge in [-0.25, -0.2) is 0 Å². The Morgan fingerprint density at radius 1 is 0.815 bits per heavy atom. The van der Waals surface area contributed by atoms with Crippen LogP contribution in [-0.2, 0) is 24.9 Å². The molecule has 0 atom stereocenters. The number of rotatable bonds is 11. The van der Waals surface area contributed by atoms with E-state index in [0.29, 0.717) is 0 Å². The zero-order valence-electron chi connectivity index (χ0n) is 33.6. The van der Waals surface area contributed by atoms with Crippen molar-refractivity contribution >= 4 is 51.2 Å². The van der Waals surface area contributed by atoms with Gasteiger partial charge in [0.25, 0.3) is 0 Å². The monoisotopic (exact) mass is 932 g/mol. The van der Waals surface area contributed by atoms with Crippen LogP contribution in [0.3, 0.4) is 0 Å². The molecule has 7 heteroatoms. The second-order valence-corrected chi connectivity index (χ2v) is 21.3. The average Bonchev–Trinajstić information content (AvgIpc) is 3.48. The third-order valence-corrected chi connectivity index (χ3v) is 13.8. The Balaban J connectivity index is 0.000000347. The molecule has 0 unspecified atom stereocenters. The molecule has 6 rings (SSSR count). The fourth-order valence-corrected chi connectivity index (χ4v) is 9.58. The normalized spacial score (nSPS) is 11.9. The van der Waals surface area contributed by atoms with Gasteiger partial charge in [-0.3, -0.25) is 14.8 Å². The van der Waals surface area contributed by atoms with E-state index >= 15 is 0 Å². The fraction of sp³-hybridized carbons (Fsp3) is 0.340. The first-order chi connectivity index (χ1) is 25.3. The maximum absolute atomic E-state index is 11.7. The van der Waals surface area contributed by atoms with Crippen LogP contribution in [-0.4, -0.2) is 28.9 Å². The van der Waals surface area contributed by atoms with Crippen LogP contribution in [0, 0.1) is 38.7 Å². The van der Waals surface area contributed by atoms with E-state index in [1.807, 2.05) is 45.2 Å². The summed E-state index contributed by atoms with van der Waals surface area (Å²) in [4.78, 5) is 22.6. The maximum atomic E-state index is 11.7. The molecule has 3 aromatic heterocycles. The van der Waals surface area contributed by atoms with E-state index in [-0.39, 0.29) is 43.5 Å². The molecule has 0 spiro atoms. The predicted octanol–water partition coefficient (Wildman–Crippen LogP) is 13.0.